The van der Waals surface area contributed by atoms with Gasteiger partial charge in [-0.05, 0) is 86.3 Å². The number of esters is 1. The van der Waals surface area contributed by atoms with E-state index in [-0.39, 0.29) is 41.6 Å². The van der Waals surface area contributed by atoms with Gasteiger partial charge in [-0.15, -0.1) is 0 Å². The minimum atomic E-state index is -3.08. The van der Waals surface area contributed by atoms with E-state index >= 15 is 0 Å². The van der Waals surface area contributed by atoms with Crippen LogP contribution >= 0.6 is 7.60 Å². The zero-order chi connectivity index (χ0) is 34.0. The van der Waals surface area contributed by atoms with E-state index in [4.69, 9.17) is 23.3 Å². The highest BCUT2D eigenvalue weighted by molar-refractivity contribution is 7.53. The number of hydrogen-bond donors (Lipinski definition) is 2. The van der Waals surface area contributed by atoms with Gasteiger partial charge in [0, 0.05) is 11.8 Å². The molecule has 1 heterocycles. The average Bonchev–Trinajstić information content (AvgIpc) is 2.95. The molecule has 0 aliphatic carbocycles. The number of phenolic OH excluding ortho intramolecular Hbond substituents is 2. The van der Waals surface area contributed by atoms with Crippen LogP contribution in [0.2, 0.25) is 0 Å². The highest BCUT2D eigenvalue weighted by Crippen LogP contribution is 2.51. The summed E-state index contributed by atoms with van der Waals surface area (Å²) >= 11 is 0. The Morgan fingerprint density at radius 2 is 1.38 bits per heavy atom. The fraction of sp³-hybridized carbons (Fsp3) is 0.629. The van der Waals surface area contributed by atoms with E-state index in [1.165, 1.54) is 0 Å². The third kappa shape index (κ3) is 12.0. The fourth-order valence-corrected chi connectivity index (χ4v) is 6.72. The van der Waals surface area contributed by atoms with Crippen molar-refractivity contribution in [1.29, 1.82) is 0 Å². The summed E-state index contributed by atoms with van der Waals surface area (Å²) in [6, 6.07) is 7.55. The molecule has 0 radical (unpaired) electrons. The van der Waals surface area contributed by atoms with Gasteiger partial charge in [-0.3, -0.25) is 9.36 Å². The van der Waals surface area contributed by atoms with Crippen molar-refractivity contribution >= 4 is 13.6 Å². The number of benzene rings is 2. The molecule has 0 saturated carbocycles. The molecule has 0 aromatic heterocycles. The molecule has 1 fully saturated rings. The molecule has 0 unspecified atom stereocenters. The molecule has 0 atom stereocenters. The van der Waals surface area contributed by atoms with E-state index in [2.05, 4.69) is 20.8 Å². The van der Waals surface area contributed by atoms with Crippen LogP contribution in [0.1, 0.15) is 94.7 Å². The van der Waals surface area contributed by atoms with Crippen molar-refractivity contribution < 1.29 is 42.8 Å². The predicted molar refractivity (Wildman–Crippen MR) is 177 cm³/mol. The molecule has 10 heteroatoms. The van der Waals surface area contributed by atoms with Crippen molar-refractivity contribution in [3.8, 4) is 11.5 Å². The first kappa shape index (κ1) is 38.8. The Hall–Kier alpha value is -2.42. The minimum Gasteiger partial charge on any atom is -0.507 e. The smallest absolute Gasteiger partial charge is 0.335 e. The Morgan fingerprint density at radius 1 is 0.867 bits per heavy atom. The molecule has 1 aliphatic rings. The highest BCUT2D eigenvalue weighted by Gasteiger charge is 2.34. The van der Waals surface area contributed by atoms with Gasteiger partial charge in [-0.2, -0.15) is 0 Å². The van der Waals surface area contributed by atoms with E-state index in [0.717, 1.165) is 39.8 Å². The van der Waals surface area contributed by atoms with Crippen molar-refractivity contribution in [2.24, 2.45) is 5.41 Å². The number of phenols is 2. The summed E-state index contributed by atoms with van der Waals surface area (Å²) < 4.78 is 39.7. The summed E-state index contributed by atoms with van der Waals surface area (Å²) in [7, 11) is -3.08. The molecule has 2 aromatic carbocycles. The van der Waals surface area contributed by atoms with Gasteiger partial charge in [0.2, 0.25) is 0 Å². The number of carbonyl (C=O) groups excluding carboxylic acids is 1. The summed E-state index contributed by atoms with van der Waals surface area (Å²) in [5.74, 6) is 0.381. The van der Waals surface area contributed by atoms with Gasteiger partial charge in [0.1, 0.15) is 18.1 Å². The molecule has 2 aromatic rings. The number of ether oxygens (including phenoxy) is 3. The van der Waals surface area contributed by atoms with Gasteiger partial charge < -0.3 is 33.5 Å². The molecular weight excluding hydrogens is 595 g/mol. The molecule has 3 rings (SSSR count). The Balaban J connectivity index is 0.000000341. The Bertz CT molecular complexity index is 1270. The summed E-state index contributed by atoms with van der Waals surface area (Å²) in [4.78, 5) is 12.2. The Kier molecular flexibility index (Phi) is 14.6. The van der Waals surface area contributed by atoms with Crippen molar-refractivity contribution in [3.05, 3.63) is 57.6 Å². The van der Waals surface area contributed by atoms with E-state index in [0.29, 0.717) is 45.0 Å². The monoisotopic (exact) mass is 650 g/mol. The van der Waals surface area contributed by atoms with Crippen molar-refractivity contribution in [2.75, 3.05) is 33.0 Å². The SMILES string of the molecule is CCOP(=O)(Cc1cc(C)c(O)c(C)c1)OCC.Cc1cc(CCC(=O)OCC(C)(C)C2OCCCO2)cc(C(C)(C)C)c1O. The second-order valence-electron chi connectivity index (χ2n) is 13.3. The lowest BCUT2D eigenvalue weighted by atomic mass is 9.83. The molecule has 1 saturated heterocycles. The van der Waals surface area contributed by atoms with Crippen LogP contribution in [0.5, 0.6) is 11.5 Å². The molecule has 0 spiro atoms. The van der Waals surface area contributed by atoms with Gasteiger partial charge in [-0.25, -0.2) is 0 Å². The van der Waals surface area contributed by atoms with Gasteiger partial charge in [0.05, 0.1) is 32.6 Å². The van der Waals surface area contributed by atoms with Crippen LogP contribution in [0.3, 0.4) is 0 Å². The lowest BCUT2D eigenvalue weighted by Crippen LogP contribution is -2.41. The van der Waals surface area contributed by atoms with E-state index in [9.17, 15) is 19.6 Å². The first-order chi connectivity index (χ1) is 20.9. The first-order valence-corrected chi connectivity index (χ1v) is 17.5. The summed E-state index contributed by atoms with van der Waals surface area (Å²) in [5.41, 5.74) is 4.62. The molecule has 254 valence electrons. The zero-order valence-electron chi connectivity index (χ0n) is 29.0. The standard InChI is InChI=1S/C22H34O5.C13H21O4P/c1-15-12-16(13-17(19(15)24)21(2,3)4)8-9-18(23)27-14-22(5,6)20-25-10-7-11-26-20;1-5-16-18(15,17-6-2)9-12-7-10(3)13(14)11(4)8-12/h12-13,20,24H,7-11,14H2,1-6H3;7-8,14H,5-6,9H2,1-4H3. The largest absolute Gasteiger partial charge is 0.507 e. The van der Waals surface area contributed by atoms with Crippen molar-refractivity contribution in [2.45, 2.75) is 106 Å². The maximum atomic E-state index is 12.4. The van der Waals surface area contributed by atoms with E-state index in [1.807, 2.05) is 58.9 Å². The van der Waals surface area contributed by atoms with E-state index in [1.54, 1.807) is 13.8 Å². The number of aryl methyl sites for hydroxylation is 4. The lowest BCUT2D eigenvalue weighted by molar-refractivity contribution is -0.237. The minimum absolute atomic E-state index is 0.157. The topological polar surface area (TPSA) is 121 Å². The zero-order valence-corrected chi connectivity index (χ0v) is 29.8. The van der Waals surface area contributed by atoms with Crippen LogP contribution in [-0.2, 0) is 50.6 Å². The summed E-state index contributed by atoms with van der Waals surface area (Å²) in [6.45, 7) is 21.6. The molecule has 0 bridgehead atoms. The molecule has 0 amide bonds. The van der Waals surface area contributed by atoms with E-state index < -0.39 is 7.60 Å². The normalized spacial score (nSPS) is 14.5. The van der Waals surface area contributed by atoms with Crippen molar-refractivity contribution in [1.82, 2.24) is 0 Å². The van der Waals surface area contributed by atoms with Gasteiger partial charge in [0.25, 0.3) is 0 Å². The second kappa shape index (κ2) is 16.9. The Labute approximate surface area is 270 Å². The fourth-order valence-electron chi connectivity index (χ4n) is 5.04. The number of hydrogen-bond acceptors (Lipinski definition) is 9. The van der Waals surface area contributed by atoms with Crippen LogP contribution in [0.4, 0.5) is 0 Å². The second-order valence-corrected chi connectivity index (χ2v) is 15.4. The van der Waals surface area contributed by atoms with Gasteiger partial charge in [0.15, 0.2) is 6.29 Å². The maximum absolute atomic E-state index is 12.4. The van der Waals surface area contributed by atoms with Crippen molar-refractivity contribution in [3.63, 3.8) is 0 Å². The van der Waals surface area contributed by atoms with Gasteiger partial charge in [-0.1, -0.05) is 58.9 Å². The molecular formula is C35H55O9P. The molecule has 2 N–H and O–H groups in total. The van der Waals surface area contributed by atoms with Crippen LogP contribution in [0.25, 0.3) is 0 Å². The van der Waals surface area contributed by atoms with Crippen LogP contribution in [0, 0.1) is 26.2 Å². The van der Waals surface area contributed by atoms with Crippen LogP contribution in [0.15, 0.2) is 24.3 Å². The average molecular weight is 651 g/mol. The van der Waals surface area contributed by atoms with Crippen LogP contribution in [-0.4, -0.2) is 55.5 Å². The lowest BCUT2D eigenvalue weighted by Gasteiger charge is -2.35. The van der Waals surface area contributed by atoms with Gasteiger partial charge >= 0.3 is 13.6 Å². The number of carbonyl (C=O) groups is 1. The summed E-state index contributed by atoms with van der Waals surface area (Å²) in [5, 5.41) is 20.0. The number of rotatable bonds is 12. The first-order valence-electron chi connectivity index (χ1n) is 15.8. The third-order valence-electron chi connectivity index (χ3n) is 7.44. The molecule has 45 heavy (non-hydrogen) atoms. The Morgan fingerprint density at radius 3 is 1.89 bits per heavy atom. The molecule has 1 aliphatic heterocycles. The third-order valence-corrected chi connectivity index (χ3v) is 9.49. The number of aromatic hydroxyl groups is 2. The van der Waals surface area contributed by atoms with Crippen LogP contribution < -0.4 is 0 Å². The predicted octanol–water partition coefficient (Wildman–Crippen LogP) is 8.04. The maximum Gasteiger partial charge on any atom is 0.335 e. The molecule has 9 nitrogen and oxygen atoms in total. The summed E-state index contributed by atoms with van der Waals surface area (Å²) in [6.07, 6.45) is 1.68. The quantitative estimate of drug-likeness (QED) is 0.174. The highest BCUT2D eigenvalue weighted by atomic mass is 31.2.